The number of amides is 1. The molecule has 0 saturated heterocycles. The quantitative estimate of drug-likeness (QED) is 0.667. The van der Waals surface area contributed by atoms with Crippen LogP contribution in [0.3, 0.4) is 0 Å². The number of unbranched alkanes of at least 4 members (excludes halogenated alkanes) is 1. The Balaban J connectivity index is 1.75. The first-order chi connectivity index (χ1) is 11.7. The zero-order valence-electron chi connectivity index (χ0n) is 13.8. The lowest BCUT2D eigenvalue weighted by Gasteiger charge is -2.09. The van der Waals surface area contributed by atoms with Gasteiger partial charge in [-0.1, -0.05) is 37.1 Å². The van der Waals surface area contributed by atoms with Gasteiger partial charge in [-0.25, -0.2) is 0 Å². The molecule has 2 aromatic carbocycles. The molecule has 0 atom stereocenters. The zero-order chi connectivity index (χ0) is 17.2. The lowest BCUT2D eigenvalue weighted by Crippen LogP contribution is -2.28. The summed E-state index contributed by atoms with van der Waals surface area (Å²) in [5, 5.41) is 6.68. The molecule has 0 saturated carbocycles. The van der Waals surface area contributed by atoms with Gasteiger partial charge in [0.25, 0.3) is 0 Å². The van der Waals surface area contributed by atoms with Gasteiger partial charge in [0.1, 0.15) is 12.4 Å². The van der Waals surface area contributed by atoms with Crippen LogP contribution >= 0.6 is 11.6 Å². The van der Waals surface area contributed by atoms with E-state index in [1.54, 1.807) is 0 Å². The maximum Gasteiger partial charge on any atom is 0.238 e. The minimum Gasteiger partial charge on any atom is -0.489 e. The minimum atomic E-state index is -0.0408. The molecule has 0 bridgehead atoms. The number of anilines is 1. The third-order valence-corrected chi connectivity index (χ3v) is 3.70. The monoisotopic (exact) mass is 346 g/mol. The van der Waals surface area contributed by atoms with Gasteiger partial charge >= 0.3 is 0 Å². The van der Waals surface area contributed by atoms with Crippen molar-refractivity contribution < 1.29 is 9.53 Å². The Hall–Kier alpha value is -2.04. The normalized spacial score (nSPS) is 10.4. The molecule has 0 spiro atoms. The second kappa shape index (κ2) is 9.96. The Labute approximate surface area is 148 Å². The first-order valence-electron chi connectivity index (χ1n) is 8.15. The third-order valence-electron chi connectivity index (χ3n) is 3.45. The summed E-state index contributed by atoms with van der Waals surface area (Å²) in [6.45, 7) is 3.79. The number of hydrogen-bond donors (Lipinski definition) is 2. The van der Waals surface area contributed by atoms with Crippen LogP contribution in [0.5, 0.6) is 5.75 Å². The van der Waals surface area contributed by atoms with Gasteiger partial charge in [0.15, 0.2) is 0 Å². The topological polar surface area (TPSA) is 50.4 Å². The fraction of sp³-hybridized carbons (Fsp3) is 0.316. The molecule has 128 valence electrons. The van der Waals surface area contributed by atoms with Crippen LogP contribution in [-0.4, -0.2) is 19.0 Å². The van der Waals surface area contributed by atoms with Crippen molar-refractivity contribution in [2.24, 2.45) is 0 Å². The third kappa shape index (κ3) is 6.60. The van der Waals surface area contributed by atoms with Gasteiger partial charge in [-0.05, 0) is 54.9 Å². The van der Waals surface area contributed by atoms with E-state index in [-0.39, 0.29) is 5.91 Å². The van der Waals surface area contributed by atoms with Crippen molar-refractivity contribution in [3.05, 3.63) is 59.1 Å². The van der Waals surface area contributed by atoms with Crippen molar-refractivity contribution in [3.8, 4) is 5.75 Å². The number of rotatable bonds is 9. The van der Waals surface area contributed by atoms with E-state index in [2.05, 4.69) is 17.6 Å². The molecule has 4 nitrogen and oxygen atoms in total. The van der Waals surface area contributed by atoms with Crippen LogP contribution in [0.15, 0.2) is 48.5 Å². The highest BCUT2D eigenvalue weighted by Gasteiger charge is 2.02. The molecule has 0 aromatic heterocycles. The van der Waals surface area contributed by atoms with Gasteiger partial charge < -0.3 is 15.4 Å². The molecule has 0 heterocycles. The van der Waals surface area contributed by atoms with Crippen LogP contribution in [0, 0.1) is 0 Å². The highest BCUT2D eigenvalue weighted by molar-refractivity contribution is 6.30. The fourth-order valence-electron chi connectivity index (χ4n) is 2.09. The molecule has 2 N–H and O–H groups in total. The maximum atomic E-state index is 11.8. The van der Waals surface area contributed by atoms with E-state index in [9.17, 15) is 4.79 Å². The smallest absolute Gasteiger partial charge is 0.238 e. The van der Waals surface area contributed by atoms with Crippen LogP contribution in [0.1, 0.15) is 25.3 Å². The van der Waals surface area contributed by atoms with Crippen molar-refractivity contribution in [1.29, 1.82) is 0 Å². The van der Waals surface area contributed by atoms with Gasteiger partial charge in [0.2, 0.25) is 5.91 Å². The molecule has 0 aliphatic carbocycles. The summed E-state index contributed by atoms with van der Waals surface area (Å²) in [4.78, 5) is 11.8. The molecular weight excluding hydrogens is 324 g/mol. The minimum absolute atomic E-state index is 0.0408. The number of ether oxygens (including phenoxy) is 1. The standard InChI is InChI=1S/C19H23ClN2O2/c1-2-3-12-21-13-19(23)22-17-8-10-18(11-9-17)24-14-15-4-6-16(20)7-5-15/h4-11,21H,2-3,12-14H2,1H3,(H,22,23). The molecule has 0 aliphatic heterocycles. The van der Waals surface area contributed by atoms with E-state index in [1.807, 2.05) is 48.5 Å². The average Bonchev–Trinajstić information content (AvgIpc) is 2.59. The van der Waals surface area contributed by atoms with E-state index < -0.39 is 0 Å². The first kappa shape index (κ1) is 18.3. The summed E-state index contributed by atoms with van der Waals surface area (Å²) in [6.07, 6.45) is 2.19. The van der Waals surface area contributed by atoms with Gasteiger partial charge in [0, 0.05) is 10.7 Å². The van der Waals surface area contributed by atoms with E-state index in [0.29, 0.717) is 18.2 Å². The summed E-state index contributed by atoms with van der Waals surface area (Å²) in [7, 11) is 0. The lowest BCUT2D eigenvalue weighted by atomic mass is 10.2. The molecule has 2 aromatic rings. The van der Waals surface area contributed by atoms with E-state index >= 15 is 0 Å². The van der Waals surface area contributed by atoms with Crippen molar-refractivity contribution >= 4 is 23.2 Å². The Kier molecular flexibility index (Phi) is 7.59. The van der Waals surface area contributed by atoms with Crippen LogP contribution in [0.25, 0.3) is 0 Å². The average molecular weight is 347 g/mol. The van der Waals surface area contributed by atoms with E-state index in [0.717, 1.165) is 36.4 Å². The number of carbonyl (C=O) groups is 1. The number of nitrogens with one attached hydrogen (secondary N) is 2. The van der Waals surface area contributed by atoms with Crippen molar-refractivity contribution in [3.63, 3.8) is 0 Å². The van der Waals surface area contributed by atoms with Gasteiger partial charge in [-0.15, -0.1) is 0 Å². The Morgan fingerprint density at radius 3 is 2.46 bits per heavy atom. The molecule has 0 radical (unpaired) electrons. The van der Waals surface area contributed by atoms with Gasteiger partial charge in [-0.3, -0.25) is 4.79 Å². The number of halogens is 1. The second-order valence-corrected chi connectivity index (χ2v) is 5.95. The Bertz CT molecular complexity index is 627. The molecule has 0 unspecified atom stereocenters. The van der Waals surface area contributed by atoms with Crippen molar-refractivity contribution in [2.75, 3.05) is 18.4 Å². The Morgan fingerprint density at radius 1 is 1.08 bits per heavy atom. The highest BCUT2D eigenvalue weighted by atomic mass is 35.5. The largest absolute Gasteiger partial charge is 0.489 e. The predicted molar refractivity (Wildman–Crippen MR) is 98.6 cm³/mol. The molecule has 2 rings (SSSR count). The van der Waals surface area contributed by atoms with Crippen LogP contribution < -0.4 is 15.4 Å². The fourth-order valence-corrected chi connectivity index (χ4v) is 2.22. The highest BCUT2D eigenvalue weighted by Crippen LogP contribution is 2.17. The summed E-state index contributed by atoms with van der Waals surface area (Å²) < 4.78 is 5.72. The molecular formula is C19H23ClN2O2. The molecule has 0 fully saturated rings. The molecule has 24 heavy (non-hydrogen) atoms. The van der Waals surface area contributed by atoms with Gasteiger partial charge in [-0.2, -0.15) is 0 Å². The van der Waals surface area contributed by atoms with E-state index in [4.69, 9.17) is 16.3 Å². The lowest BCUT2D eigenvalue weighted by molar-refractivity contribution is -0.115. The zero-order valence-corrected chi connectivity index (χ0v) is 14.6. The van der Waals surface area contributed by atoms with Crippen molar-refractivity contribution in [1.82, 2.24) is 5.32 Å². The number of benzene rings is 2. The van der Waals surface area contributed by atoms with Gasteiger partial charge in [0.05, 0.1) is 6.54 Å². The summed E-state index contributed by atoms with van der Waals surface area (Å²) >= 11 is 5.86. The van der Waals surface area contributed by atoms with Crippen LogP contribution in [-0.2, 0) is 11.4 Å². The number of hydrogen-bond acceptors (Lipinski definition) is 3. The summed E-state index contributed by atoms with van der Waals surface area (Å²) in [5.41, 5.74) is 1.81. The first-order valence-corrected chi connectivity index (χ1v) is 8.53. The maximum absolute atomic E-state index is 11.8. The Morgan fingerprint density at radius 2 is 1.79 bits per heavy atom. The SMILES string of the molecule is CCCCNCC(=O)Nc1ccc(OCc2ccc(Cl)cc2)cc1. The number of carbonyl (C=O) groups excluding carboxylic acids is 1. The molecule has 0 aliphatic rings. The van der Waals surface area contributed by atoms with Crippen LogP contribution in [0.4, 0.5) is 5.69 Å². The van der Waals surface area contributed by atoms with Crippen LogP contribution in [0.2, 0.25) is 5.02 Å². The molecule has 5 heteroatoms. The van der Waals surface area contributed by atoms with Crippen molar-refractivity contribution in [2.45, 2.75) is 26.4 Å². The predicted octanol–water partition coefficient (Wildman–Crippen LogP) is 4.25. The summed E-state index contributed by atoms with van der Waals surface area (Å²) in [6, 6.07) is 14.9. The summed E-state index contributed by atoms with van der Waals surface area (Å²) in [5.74, 6) is 0.713. The second-order valence-electron chi connectivity index (χ2n) is 5.52. The van der Waals surface area contributed by atoms with E-state index in [1.165, 1.54) is 0 Å². The molecule has 1 amide bonds.